The van der Waals surface area contributed by atoms with E-state index in [0.717, 1.165) is 19.3 Å². The Labute approximate surface area is 221 Å². The predicted octanol–water partition coefficient (Wildman–Crippen LogP) is 3.66. The van der Waals surface area contributed by atoms with Gasteiger partial charge in [0.05, 0.1) is 25.4 Å². The van der Waals surface area contributed by atoms with Gasteiger partial charge in [-0.1, -0.05) is 23.7 Å². The van der Waals surface area contributed by atoms with Gasteiger partial charge in [-0.3, -0.25) is 19.3 Å². The molecule has 0 aromatic heterocycles. The van der Waals surface area contributed by atoms with E-state index in [4.69, 9.17) is 26.8 Å². The summed E-state index contributed by atoms with van der Waals surface area (Å²) in [7, 11) is 0. The van der Waals surface area contributed by atoms with Crippen molar-refractivity contribution in [2.24, 2.45) is 11.7 Å². The molecule has 0 unspecified atom stereocenters. The Morgan fingerprint density at radius 3 is 2.51 bits per heavy atom. The lowest BCUT2D eigenvalue weighted by atomic mass is 9.96. The molecular formula is C27H33ClN4O5. The van der Waals surface area contributed by atoms with E-state index in [0.29, 0.717) is 67.0 Å². The fourth-order valence-electron chi connectivity index (χ4n) is 4.55. The van der Waals surface area contributed by atoms with E-state index >= 15 is 0 Å². The van der Waals surface area contributed by atoms with Crippen LogP contribution in [-0.4, -0.2) is 66.9 Å². The summed E-state index contributed by atoms with van der Waals surface area (Å²) in [6.07, 6.45) is 3.67. The number of nitrogens with zero attached hydrogens (tertiary/aromatic N) is 2. The molecule has 4 rings (SSSR count). The number of anilines is 1. The van der Waals surface area contributed by atoms with E-state index in [2.05, 4.69) is 5.32 Å². The predicted molar refractivity (Wildman–Crippen MR) is 141 cm³/mol. The van der Waals surface area contributed by atoms with Gasteiger partial charge in [-0.05, 0) is 75.5 Å². The molecule has 0 radical (unpaired) electrons. The zero-order chi connectivity index (χ0) is 26.2. The second-order valence-electron chi connectivity index (χ2n) is 9.41. The average Bonchev–Trinajstić information content (AvgIpc) is 2.88. The summed E-state index contributed by atoms with van der Waals surface area (Å²) in [4.78, 5) is 41.3. The van der Waals surface area contributed by atoms with Crippen LogP contribution in [0.3, 0.4) is 0 Å². The number of hydrogen-bond donors (Lipinski definition) is 2. The van der Waals surface area contributed by atoms with Crippen molar-refractivity contribution in [1.29, 1.82) is 0 Å². The molecule has 10 heteroatoms. The van der Waals surface area contributed by atoms with Crippen molar-refractivity contribution in [3.63, 3.8) is 0 Å². The highest BCUT2D eigenvalue weighted by atomic mass is 35.5. The number of halogens is 1. The molecule has 198 valence electrons. The molecular weight excluding hydrogens is 496 g/mol. The smallest absolute Gasteiger partial charge is 0.244 e. The molecule has 2 heterocycles. The summed E-state index contributed by atoms with van der Waals surface area (Å²) < 4.78 is 12.1. The van der Waals surface area contributed by atoms with Crippen molar-refractivity contribution in [3.8, 4) is 17.2 Å². The molecule has 2 aromatic carbocycles. The quantitative estimate of drug-likeness (QED) is 0.628. The summed E-state index contributed by atoms with van der Waals surface area (Å²) in [6.45, 7) is 2.33. The number of nitrogens with one attached hydrogen (secondary N) is 1. The Kier molecular flexibility index (Phi) is 9.24. The van der Waals surface area contributed by atoms with Gasteiger partial charge >= 0.3 is 0 Å². The third kappa shape index (κ3) is 7.60. The maximum absolute atomic E-state index is 13.2. The number of nitrogens with two attached hydrogens (primary N) is 1. The first-order valence-electron chi connectivity index (χ1n) is 12.7. The maximum Gasteiger partial charge on any atom is 0.244 e. The monoisotopic (exact) mass is 528 g/mol. The van der Waals surface area contributed by atoms with E-state index in [-0.39, 0.29) is 36.7 Å². The molecule has 9 nitrogen and oxygen atoms in total. The van der Waals surface area contributed by atoms with E-state index in [9.17, 15) is 14.4 Å². The number of piperidine rings is 1. The molecule has 0 atom stereocenters. The lowest BCUT2D eigenvalue weighted by Gasteiger charge is -2.32. The molecule has 37 heavy (non-hydrogen) atoms. The Morgan fingerprint density at radius 1 is 1.00 bits per heavy atom. The summed E-state index contributed by atoms with van der Waals surface area (Å²) in [5.41, 5.74) is 5.83. The van der Waals surface area contributed by atoms with Gasteiger partial charge in [-0.25, -0.2) is 0 Å². The number of para-hydroxylation sites is 2. The van der Waals surface area contributed by atoms with Crippen LogP contribution in [0, 0.1) is 5.92 Å². The number of rotatable bonds is 3. The fraction of sp³-hybridized carbons (Fsp3) is 0.444. The molecule has 0 saturated carbocycles. The minimum atomic E-state index is -0.340. The number of carbonyl (C=O) groups excluding carboxylic acids is 3. The Bertz CT molecular complexity index is 1120. The molecule has 2 aliphatic rings. The van der Waals surface area contributed by atoms with Gasteiger partial charge in [0, 0.05) is 17.5 Å². The summed E-state index contributed by atoms with van der Waals surface area (Å²) >= 11 is 6.21. The van der Waals surface area contributed by atoms with Gasteiger partial charge < -0.3 is 25.4 Å². The Morgan fingerprint density at radius 2 is 1.76 bits per heavy atom. The van der Waals surface area contributed by atoms with Crippen LogP contribution in [0.1, 0.15) is 32.1 Å². The largest absolute Gasteiger partial charge is 0.490 e. The van der Waals surface area contributed by atoms with Crippen LogP contribution in [0.2, 0.25) is 5.02 Å². The van der Waals surface area contributed by atoms with E-state index < -0.39 is 0 Å². The van der Waals surface area contributed by atoms with Crippen LogP contribution in [0.4, 0.5) is 5.69 Å². The summed E-state index contributed by atoms with van der Waals surface area (Å²) in [5.74, 6) is 0.672. The van der Waals surface area contributed by atoms with Crippen molar-refractivity contribution >= 4 is 35.0 Å². The van der Waals surface area contributed by atoms with Gasteiger partial charge in [0.15, 0.2) is 17.2 Å². The van der Waals surface area contributed by atoms with Crippen molar-refractivity contribution < 1.29 is 23.9 Å². The molecule has 3 amide bonds. The number of primary amides is 1. The number of likely N-dealkylation sites (tertiary alicyclic amines) is 1. The van der Waals surface area contributed by atoms with Gasteiger partial charge in [0.25, 0.3) is 0 Å². The normalized spacial score (nSPS) is 18.2. The van der Waals surface area contributed by atoms with Gasteiger partial charge in [-0.2, -0.15) is 0 Å². The third-order valence-corrected chi connectivity index (χ3v) is 6.89. The van der Waals surface area contributed by atoms with Gasteiger partial charge in [0.1, 0.15) is 0 Å². The SMILES string of the molecule is NC(=O)C1CCN(CC(=O)N2CCCCCOc3ccccc3Oc3ccc(Cl)cc3NC(=O)C2)CC1. The minimum Gasteiger partial charge on any atom is -0.490 e. The summed E-state index contributed by atoms with van der Waals surface area (Å²) in [5, 5.41) is 3.30. The topological polar surface area (TPSA) is 114 Å². The molecule has 0 spiro atoms. The van der Waals surface area contributed by atoms with Crippen LogP contribution < -0.4 is 20.5 Å². The van der Waals surface area contributed by atoms with Crippen molar-refractivity contribution in [3.05, 3.63) is 47.5 Å². The van der Waals surface area contributed by atoms with Gasteiger partial charge in [0.2, 0.25) is 17.7 Å². The van der Waals surface area contributed by atoms with Crippen LogP contribution in [0.5, 0.6) is 17.2 Å². The average molecular weight is 529 g/mol. The highest BCUT2D eigenvalue weighted by molar-refractivity contribution is 6.31. The molecule has 0 aliphatic carbocycles. The van der Waals surface area contributed by atoms with E-state index in [1.807, 2.05) is 23.1 Å². The number of hydrogen-bond acceptors (Lipinski definition) is 6. The number of ether oxygens (including phenoxy) is 2. The highest BCUT2D eigenvalue weighted by Crippen LogP contribution is 2.36. The zero-order valence-electron chi connectivity index (χ0n) is 20.8. The maximum atomic E-state index is 13.2. The second-order valence-corrected chi connectivity index (χ2v) is 9.85. The van der Waals surface area contributed by atoms with Crippen LogP contribution in [0.15, 0.2) is 42.5 Å². The first-order valence-corrected chi connectivity index (χ1v) is 13.1. The standard InChI is InChI=1S/C27H33ClN4O5/c28-20-8-9-22-21(16-20)30-25(33)17-32(26(34)18-31-13-10-19(11-14-31)27(29)35)12-4-1-5-15-36-23-6-2-3-7-24(23)37-22/h2-3,6-9,16,19H,1,4-5,10-15,17-18H2,(H2,29,35)(H,30,33). The van der Waals surface area contributed by atoms with Crippen molar-refractivity contribution in [2.45, 2.75) is 32.1 Å². The van der Waals surface area contributed by atoms with Crippen molar-refractivity contribution in [2.75, 3.05) is 44.6 Å². The first-order chi connectivity index (χ1) is 17.9. The molecule has 3 N–H and O–H groups in total. The zero-order valence-corrected chi connectivity index (χ0v) is 21.5. The molecule has 2 aromatic rings. The lowest BCUT2D eigenvalue weighted by molar-refractivity contribution is -0.136. The number of carbonyl (C=O) groups is 3. The van der Waals surface area contributed by atoms with Crippen molar-refractivity contribution in [1.82, 2.24) is 9.80 Å². The Balaban J connectivity index is 1.48. The molecule has 2 aliphatic heterocycles. The summed E-state index contributed by atoms with van der Waals surface area (Å²) in [6, 6.07) is 12.4. The minimum absolute atomic E-state index is 0.0877. The molecule has 0 bridgehead atoms. The molecule has 1 saturated heterocycles. The fourth-order valence-corrected chi connectivity index (χ4v) is 4.72. The Hall–Kier alpha value is -3.30. The number of fused-ring (bicyclic) bond motifs is 2. The van der Waals surface area contributed by atoms with Crippen LogP contribution >= 0.6 is 11.6 Å². The van der Waals surface area contributed by atoms with Gasteiger partial charge in [-0.15, -0.1) is 0 Å². The number of benzene rings is 2. The van der Waals surface area contributed by atoms with Crippen LogP contribution in [-0.2, 0) is 14.4 Å². The van der Waals surface area contributed by atoms with E-state index in [1.165, 1.54) is 0 Å². The first kappa shape index (κ1) is 26.8. The third-order valence-electron chi connectivity index (χ3n) is 6.65. The highest BCUT2D eigenvalue weighted by Gasteiger charge is 2.26. The molecule has 1 fully saturated rings. The van der Waals surface area contributed by atoms with E-state index in [1.54, 1.807) is 29.2 Å². The number of amides is 3. The van der Waals surface area contributed by atoms with Crippen LogP contribution in [0.25, 0.3) is 0 Å². The lowest BCUT2D eigenvalue weighted by Crippen LogP contribution is -2.47. The second kappa shape index (κ2) is 12.8.